The first-order chi connectivity index (χ1) is 13.9. The number of benzene rings is 2. The molecule has 2 heterocycles. The van der Waals surface area contributed by atoms with Crippen LogP contribution < -0.4 is 5.43 Å². The van der Waals surface area contributed by atoms with Crippen LogP contribution in [0.4, 0.5) is 4.39 Å². The molecule has 0 atom stereocenters. The van der Waals surface area contributed by atoms with Crippen molar-refractivity contribution in [2.75, 3.05) is 0 Å². The maximum atomic E-state index is 14.2. The Balaban J connectivity index is 1.92. The van der Waals surface area contributed by atoms with Crippen molar-refractivity contribution in [3.8, 4) is 0 Å². The Hall–Kier alpha value is -3.12. The molecule has 0 saturated heterocycles. The van der Waals surface area contributed by atoms with Gasteiger partial charge in [-0.1, -0.05) is 34.1 Å². The van der Waals surface area contributed by atoms with E-state index in [9.17, 15) is 14.0 Å². The van der Waals surface area contributed by atoms with Gasteiger partial charge in [-0.15, -0.1) is 0 Å². The fraction of sp³-hybridized carbons (Fsp3) is 0.0870. The molecule has 0 fully saturated rings. The summed E-state index contributed by atoms with van der Waals surface area (Å²) < 4.78 is 16.7. The van der Waals surface area contributed by atoms with E-state index in [4.69, 9.17) is 0 Å². The smallest absolute Gasteiger partial charge is 0.202 e. The third kappa shape index (κ3) is 3.76. The van der Waals surface area contributed by atoms with Gasteiger partial charge in [0, 0.05) is 27.5 Å². The molecule has 4 aromatic rings. The van der Waals surface area contributed by atoms with Gasteiger partial charge in [0.2, 0.25) is 5.43 Å². The molecule has 0 amide bonds. The first-order valence-corrected chi connectivity index (χ1v) is 9.78. The van der Waals surface area contributed by atoms with Crippen LogP contribution in [0.1, 0.15) is 27.2 Å². The van der Waals surface area contributed by atoms with Gasteiger partial charge in [0.1, 0.15) is 11.5 Å². The zero-order valence-electron chi connectivity index (χ0n) is 15.5. The number of carbonyl (C=O) groups is 1. The summed E-state index contributed by atoms with van der Waals surface area (Å²) in [6, 6.07) is 16.6. The number of carbonyl (C=O) groups excluding carboxylic acids is 1. The highest BCUT2D eigenvalue weighted by molar-refractivity contribution is 9.10. The van der Waals surface area contributed by atoms with E-state index in [1.54, 1.807) is 59.2 Å². The molecular formula is C23H16BrFN2O2. The number of aryl methyl sites for hydroxylation is 1. The van der Waals surface area contributed by atoms with Crippen molar-refractivity contribution < 1.29 is 9.18 Å². The van der Waals surface area contributed by atoms with Gasteiger partial charge in [-0.3, -0.25) is 9.59 Å². The maximum Gasteiger partial charge on any atom is 0.202 e. The van der Waals surface area contributed by atoms with Crippen LogP contribution in [0.15, 0.2) is 76.1 Å². The van der Waals surface area contributed by atoms with E-state index in [0.29, 0.717) is 22.2 Å². The zero-order valence-corrected chi connectivity index (χ0v) is 17.1. The van der Waals surface area contributed by atoms with Gasteiger partial charge in [0.25, 0.3) is 0 Å². The highest BCUT2D eigenvalue weighted by Crippen LogP contribution is 2.18. The SMILES string of the molecule is Cc1ccc2c(=O)c(C(=O)c3ccc(Br)cc3)cn(Cc3ccccc3F)c2n1. The number of ketones is 1. The number of hydrogen-bond acceptors (Lipinski definition) is 3. The molecule has 0 spiro atoms. The molecule has 29 heavy (non-hydrogen) atoms. The summed E-state index contributed by atoms with van der Waals surface area (Å²) >= 11 is 3.34. The lowest BCUT2D eigenvalue weighted by Crippen LogP contribution is -2.21. The third-order valence-electron chi connectivity index (χ3n) is 4.71. The van der Waals surface area contributed by atoms with E-state index in [1.807, 2.05) is 6.92 Å². The monoisotopic (exact) mass is 450 g/mol. The summed E-state index contributed by atoms with van der Waals surface area (Å²) in [6.45, 7) is 1.97. The first-order valence-electron chi connectivity index (χ1n) is 8.98. The summed E-state index contributed by atoms with van der Waals surface area (Å²) in [4.78, 5) is 30.5. The minimum atomic E-state index is -0.384. The standard InChI is InChI=1S/C23H16BrFN2O2/c1-14-6-11-18-22(29)19(21(28)15-7-9-17(24)10-8-15)13-27(23(18)26-14)12-16-4-2-3-5-20(16)25/h2-11,13H,12H2,1H3. The van der Waals surface area contributed by atoms with Crippen LogP contribution in [-0.2, 0) is 6.54 Å². The zero-order chi connectivity index (χ0) is 20.5. The molecule has 0 bridgehead atoms. The van der Waals surface area contributed by atoms with Crippen LogP contribution in [0.3, 0.4) is 0 Å². The fourth-order valence-electron chi connectivity index (χ4n) is 3.21. The molecule has 6 heteroatoms. The Labute approximate surface area is 174 Å². The van der Waals surface area contributed by atoms with Crippen LogP contribution in [-0.4, -0.2) is 15.3 Å². The molecule has 0 saturated carbocycles. The molecule has 0 aliphatic carbocycles. The van der Waals surface area contributed by atoms with Crippen molar-refractivity contribution in [3.63, 3.8) is 0 Å². The Morgan fingerprint density at radius 1 is 1.07 bits per heavy atom. The third-order valence-corrected chi connectivity index (χ3v) is 5.24. The molecule has 144 valence electrons. The predicted octanol–water partition coefficient (Wildman–Crippen LogP) is 4.89. The molecule has 0 aliphatic rings. The summed E-state index contributed by atoms with van der Waals surface area (Å²) in [6.07, 6.45) is 1.48. The topological polar surface area (TPSA) is 52.0 Å². The van der Waals surface area contributed by atoms with Crippen LogP contribution in [0.2, 0.25) is 0 Å². The largest absolute Gasteiger partial charge is 0.327 e. The van der Waals surface area contributed by atoms with Crippen LogP contribution in [0.25, 0.3) is 11.0 Å². The van der Waals surface area contributed by atoms with Gasteiger partial charge < -0.3 is 4.57 Å². The molecule has 0 unspecified atom stereocenters. The van der Waals surface area contributed by atoms with Crippen molar-refractivity contribution in [1.82, 2.24) is 9.55 Å². The molecular weight excluding hydrogens is 435 g/mol. The lowest BCUT2D eigenvalue weighted by atomic mass is 10.0. The summed E-state index contributed by atoms with van der Waals surface area (Å²) in [5.41, 5.74) is 1.65. The number of aromatic nitrogens is 2. The quantitative estimate of drug-likeness (QED) is 0.416. The summed E-state index contributed by atoms with van der Waals surface area (Å²) in [7, 11) is 0. The summed E-state index contributed by atoms with van der Waals surface area (Å²) in [5, 5.41) is 0.329. The van der Waals surface area contributed by atoms with Crippen molar-refractivity contribution in [3.05, 3.63) is 110 Å². The Kier molecular flexibility index (Phi) is 5.11. The first kappa shape index (κ1) is 19.2. The van der Waals surface area contributed by atoms with E-state index >= 15 is 0 Å². The molecule has 0 radical (unpaired) electrons. The molecule has 0 N–H and O–H groups in total. The van der Waals surface area contributed by atoms with E-state index < -0.39 is 0 Å². The molecule has 2 aromatic carbocycles. The predicted molar refractivity (Wildman–Crippen MR) is 114 cm³/mol. The van der Waals surface area contributed by atoms with Gasteiger partial charge in [0.05, 0.1) is 17.5 Å². The van der Waals surface area contributed by atoms with Crippen LogP contribution in [0, 0.1) is 12.7 Å². The lowest BCUT2D eigenvalue weighted by molar-refractivity contribution is 0.103. The van der Waals surface area contributed by atoms with Crippen molar-refractivity contribution in [2.24, 2.45) is 0 Å². The molecule has 2 aromatic heterocycles. The number of pyridine rings is 2. The second-order valence-corrected chi connectivity index (χ2v) is 7.67. The van der Waals surface area contributed by atoms with Crippen molar-refractivity contribution in [1.29, 1.82) is 0 Å². The normalized spacial score (nSPS) is 11.0. The highest BCUT2D eigenvalue weighted by Gasteiger charge is 2.18. The second-order valence-electron chi connectivity index (χ2n) is 6.75. The second kappa shape index (κ2) is 7.72. The Morgan fingerprint density at radius 2 is 1.79 bits per heavy atom. The highest BCUT2D eigenvalue weighted by atomic mass is 79.9. The lowest BCUT2D eigenvalue weighted by Gasteiger charge is -2.13. The Bertz CT molecular complexity index is 1300. The molecule has 0 aliphatic heterocycles. The van der Waals surface area contributed by atoms with Gasteiger partial charge in [-0.2, -0.15) is 0 Å². The van der Waals surface area contributed by atoms with Gasteiger partial charge >= 0.3 is 0 Å². The Morgan fingerprint density at radius 3 is 2.52 bits per heavy atom. The molecule has 4 rings (SSSR count). The fourth-order valence-corrected chi connectivity index (χ4v) is 3.47. The minimum absolute atomic E-state index is 0.0295. The number of rotatable bonds is 4. The number of halogens is 2. The number of fused-ring (bicyclic) bond motifs is 1. The number of hydrogen-bond donors (Lipinski definition) is 0. The average Bonchev–Trinajstić information content (AvgIpc) is 2.71. The van der Waals surface area contributed by atoms with E-state index in [2.05, 4.69) is 20.9 Å². The van der Waals surface area contributed by atoms with Crippen LogP contribution >= 0.6 is 15.9 Å². The maximum absolute atomic E-state index is 14.2. The van der Waals surface area contributed by atoms with E-state index in [0.717, 1.165) is 10.2 Å². The minimum Gasteiger partial charge on any atom is -0.327 e. The van der Waals surface area contributed by atoms with Crippen LogP contribution in [0.5, 0.6) is 0 Å². The van der Waals surface area contributed by atoms with E-state index in [-0.39, 0.29) is 29.1 Å². The van der Waals surface area contributed by atoms with Gasteiger partial charge in [-0.25, -0.2) is 9.37 Å². The van der Waals surface area contributed by atoms with Crippen molar-refractivity contribution >= 4 is 32.7 Å². The van der Waals surface area contributed by atoms with Gasteiger partial charge in [-0.05, 0) is 49.4 Å². The molecule has 4 nitrogen and oxygen atoms in total. The van der Waals surface area contributed by atoms with Gasteiger partial charge in [0.15, 0.2) is 5.78 Å². The van der Waals surface area contributed by atoms with Crippen molar-refractivity contribution in [2.45, 2.75) is 13.5 Å². The number of nitrogens with zero attached hydrogens (tertiary/aromatic N) is 2. The summed E-state index contributed by atoms with van der Waals surface area (Å²) in [5.74, 6) is -0.736. The average molecular weight is 451 g/mol. The van der Waals surface area contributed by atoms with E-state index in [1.165, 1.54) is 12.3 Å².